The Hall–Kier alpha value is -2.66. The van der Waals surface area contributed by atoms with Crippen LogP contribution in [0.2, 0.25) is 5.02 Å². The number of nitrogens with one attached hydrogen (secondary N) is 1. The summed E-state index contributed by atoms with van der Waals surface area (Å²) in [6, 6.07) is 7.33. The number of benzene rings is 1. The number of sulfonamides is 1. The molecule has 27 heavy (non-hydrogen) atoms. The summed E-state index contributed by atoms with van der Waals surface area (Å²) in [5, 5.41) is 17.2. The minimum absolute atomic E-state index is 0.0730. The first-order valence-corrected chi connectivity index (χ1v) is 9.54. The van der Waals surface area contributed by atoms with E-state index in [1.807, 2.05) is 12.1 Å². The highest BCUT2D eigenvalue weighted by Crippen LogP contribution is 2.22. The molecule has 1 amide bonds. The Morgan fingerprint density at radius 3 is 2.33 bits per heavy atom. The largest absolute Gasteiger partial charge is 0.452 e. The minimum Gasteiger partial charge on any atom is -0.452 e. The summed E-state index contributed by atoms with van der Waals surface area (Å²) >= 11 is 5.85. The zero-order chi connectivity index (χ0) is 20.4. The maximum Gasteiger partial charge on any atom is 0.338 e. The predicted octanol–water partition coefficient (Wildman–Crippen LogP) is 1.06. The van der Waals surface area contributed by atoms with Gasteiger partial charge < -0.3 is 9.64 Å². The van der Waals surface area contributed by atoms with Crippen molar-refractivity contribution in [2.45, 2.75) is 17.7 Å². The highest BCUT2D eigenvalue weighted by atomic mass is 35.5. The van der Waals surface area contributed by atoms with Gasteiger partial charge in [0, 0.05) is 13.1 Å². The van der Waals surface area contributed by atoms with Crippen LogP contribution < -0.4 is 4.72 Å². The van der Waals surface area contributed by atoms with Crippen molar-refractivity contribution in [1.82, 2.24) is 9.62 Å². The van der Waals surface area contributed by atoms with E-state index in [2.05, 4.69) is 4.72 Å². The number of hydrogen-bond acceptors (Lipinski definition) is 7. The maximum absolute atomic E-state index is 12.1. The summed E-state index contributed by atoms with van der Waals surface area (Å²) in [5.74, 6) is -1.47. The van der Waals surface area contributed by atoms with Crippen molar-refractivity contribution in [3.63, 3.8) is 0 Å². The number of ether oxygens (including phenoxy) is 1. The van der Waals surface area contributed by atoms with Gasteiger partial charge >= 0.3 is 5.97 Å². The predicted molar refractivity (Wildman–Crippen MR) is 95.0 cm³/mol. The van der Waals surface area contributed by atoms with Crippen LogP contribution in [0.1, 0.15) is 23.2 Å². The summed E-state index contributed by atoms with van der Waals surface area (Å²) in [6.45, 7) is -0.382. The topological polar surface area (TPSA) is 140 Å². The molecule has 1 aromatic carbocycles. The molecule has 0 fully saturated rings. The molecule has 0 unspecified atom stereocenters. The summed E-state index contributed by atoms with van der Waals surface area (Å²) in [6.07, 6.45) is 0.154. The van der Waals surface area contributed by atoms with Gasteiger partial charge in [0.2, 0.25) is 10.0 Å². The van der Waals surface area contributed by atoms with Crippen LogP contribution in [-0.4, -0.2) is 51.9 Å². The lowest BCUT2D eigenvalue weighted by molar-refractivity contribution is -0.134. The molecule has 11 heteroatoms. The lowest BCUT2D eigenvalue weighted by Gasteiger charge is -2.20. The average molecular weight is 413 g/mol. The number of carbonyl (C=O) groups excluding carboxylic acids is 2. The number of halogens is 1. The monoisotopic (exact) mass is 412 g/mol. The van der Waals surface area contributed by atoms with Gasteiger partial charge in [-0.1, -0.05) is 11.6 Å². The molecule has 0 atom stereocenters. The third kappa shape index (κ3) is 6.53. The zero-order valence-electron chi connectivity index (χ0n) is 14.4. The van der Waals surface area contributed by atoms with Crippen molar-refractivity contribution in [3.05, 3.63) is 28.8 Å². The molecule has 9 nitrogen and oxygen atoms in total. The molecule has 0 bridgehead atoms. The standard InChI is InChI=1S/C16H17ClN4O5S/c1-20-27(24,25)14-10-12(4-5-13(14)17)16(23)26-11-15(22)21(8-2-6-18)9-3-7-19/h4-5,10,20H,2-3,8-9,11H2,1H3. The Kier molecular flexibility index (Phi) is 8.69. The summed E-state index contributed by atoms with van der Waals surface area (Å²) in [5.41, 5.74) is -0.0957. The third-order valence-electron chi connectivity index (χ3n) is 3.39. The third-order valence-corrected chi connectivity index (χ3v) is 5.29. The summed E-state index contributed by atoms with van der Waals surface area (Å²) in [4.78, 5) is 25.2. The Balaban J connectivity index is 2.84. The van der Waals surface area contributed by atoms with E-state index in [0.717, 1.165) is 6.07 Å². The molecule has 0 radical (unpaired) electrons. The number of carbonyl (C=O) groups is 2. The second-order valence-corrected chi connectivity index (χ2v) is 7.39. The van der Waals surface area contributed by atoms with Crippen molar-refractivity contribution in [3.8, 4) is 12.1 Å². The van der Waals surface area contributed by atoms with E-state index >= 15 is 0 Å². The number of rotatable bonds is 9. The lowest BCUT2D eigenvalue weighted by atomic mass is 10.2. The van der Waals surface area contributed by atoms with Crippen molar-refractivity contribution in [2.75, 3.05) is 26.7 Å². The normalized spacial score (nSPS) is 10.5. The van der Waals surface area contributed by atoms with Crippen LogP contribution in [0.15, 0.2) is 23.1 Å². The van der Waals surface area contributed by atoms with Gasteiger partial charge in [0.05, 0.1) is 35.6 Å². The molecule has 0 aliphatic carbocycles. The smallest absolute Gasteiger partial charge is 0.338 e. The van der Waals surface area contributed by atoms with Crippen molar-refractivity contribution in [2.24, 2.45) is 0 Å². The fourth-order valence-corrected chi connectivity index (χ4v) is 3.23. The van der Waals surface area contributed by atoms with Crippen LogP contribution in [-0.2, 0) is 19.6 Å². The summed E-state index contributed by atoms with van der Waals surface area (Å²) in [7, 11) is -2.68. The number of nitrogens with zero attached hydrogens (tertiary/aromatic N) is 3. The molecular weight excluding hydrogens is 396 g/mol. The minimum atomic E-state index is -3.88. The Labute approximate surface area is 162 Å². The van der Waals surface area contributed by atoms with Gasteiger partial charge in [-0.05, 0) is 25.2 Å². The fourth-order valence-electron chi connectivity index (χ4n) is 1.98. The van der Waals surface area contributed by atoms with Crippen LogP contribution in [0.25, 0.3) is 0 Å². The van der Waals surface area contributed by atoms with Crippen molar-refractivity contribution in [1.29, 1.82) is 10.5 Å². The van der Waals surface area contributed by atoms with Gasteiger partial charge in [-0.3, -0.25) is 4.79 Å². The average Bonchev–Trinajstić information content (AvgIpc) is 2.66. The van der Waals surface area contributed by atoms with E-state index in [1.54, 1.807) is 0 Å². The highest BCUT2D eigenvalue weighted by molar-refractivity contribution is 7.89. The Bertz CT molecular complexity index is 871. The van der Waals surface area contributed by atoms with Gasteiger partial charge in [-0.15, -0.1) is 0 Å². The van der Waals surface area contributed by atoms with Crippen LogP contribution in [0.3, 0.4) is 0 Å². The molecule has 0 heterocycles. The van der Waals surface area contributed by atoms with E-state index in [0.29, 0.717) is 0 Å². The number of hydrogen-bond donors (Lipinski definition) is 1. The molecule has 144 valence electrons. The second kappa shape index (κ2) is 10.5. The first-order chi connectivity index (χ1) is 12.8. The molecule has 0 spiro atoms. The van der Waals surface area contributed by atoms with Gasteiger partial charge in [0.1, 0.15) is 4.90 Å². The Morgan fingerprint density at radius 2 is 1.81 bits per heavy atom. The molecule has 1 N–H and O–H groups in total. The van der Waals surface area contributed by atoms with Crippen LogP contribution >= 0.6 is 11.6 Å². The van der Waals surface area contributed by atoms with Gasteiger partial charge in [0.25, 0.3) is 5.91 Å². The first kappa shape index (κ1) is 22.4. The molecule has 0 aliphatic heterocycles. The van der Waals surface area contributed by atoms with Crippen LogP contribution in [0, 0.1) is 22.7 Å². The Morgan fingerprint density at radius 1 is 1.22 bits per heavy atom. The van der Waals surface area contributed by atoms with E-state index in [9.17, 15) is 18.0 Å². The van der Waals surface area contributed by atoms with Crippen LogP contribution in [0.4, 0.5) is 0 Å². The van der Waals surface area contributed by atoms with E-state index in [4.69, 9.17) is 26.9 Å². The van der Waals surface area contributed by atoms with E-state index in [1.165, 1.54) is 24.1 Å². The number of esters is 1. The molecule has 1 rings (SSSR count). The quantitative estimate of drug-likeness (QED) is 0.597. The van der Waals surface area contributed by atoms with Crippen molar-refractivity contribution < 1.29 is 22.7 Å². The zero-order valence-corrected chi connectivity index (χ0v) is 16.0. The van der Waals surface area contributed by atoms with Gasteiger partial charge in [-0.2, -0.15) is 10.5 Å². The number of nitriles is 2. The van der Waals surface area contributed by atoms with Crippen LogP contribution in [0.5, 0.6) is 0 Å². The van der Waals surface area contributed by atoms with E-state index < -0.39 is 28.5 Å². The molecule has 0 saturated heterocycles. The summed E-state index contributed by atoms with van der Waals surface area (Å²) < 4.78 is 30.8. The molecule has 0 saturated carbocycles. The van der Waals surface area contributed by atoms with Crippen molar-refractivity contribution >= 4 is 33.5 Å². The highest BCUT2D eigenvalue weighted by Gasteiger charge is 2.20. The SMILES string of the molecule is CNS(=O)(=O)c1cc(C(=O)OCC(=O)N(CCC#N)CCC#N)ccc1Cl. The second-order valence-electron chi connectivity index (χ2n) is 5.13. The van der Waals surface area contributed by atoms with E-state index in [-0.39, 0.29) is 41.4 Å². The number of amides is 1. The molecular formula is C16H17ClN4O5S. The molecule has 0 aromatic heterocycles. The molecule has 1 aromatic rings. The van der Waals surface area contributed by atoms with Gasteiger partial charge in [0.15, 0.2) is 6.61 Å². The maximum atomic E-state index is 12.1. The fraction of sp³-hybridized carbons (Fsp3) is 0.375. The lowest BCUT2D eigenvalue weighted by Crippen LogP contribution is -2.36. The first-order valence-electron chi connectivity index (χ1n) is 7.68. The van der Waals surface area contributed by atoms with Gasteiger partial charge in [-0.25, -0.2) is 17.9 Å². The molecule has 0 aliphatic rings.